The second-order valence-electron chi connectivity index (χ2n) is 10.8. The van der Waals surface area contributed by atoms with Gasteiger partial charge >= 0.3 is 0 Å². The number of hydrogen-bond acceptors (Lipinski definition) is 4. The Bertz CT molecular complexity index is 1680. The fourth-order valence-electron chi connectivity index (χ4n) is 4.74. The summed E-state index contributed by atoms with van der Waals surface area (Å²) >= 11 is 6.91. The van der Waals surface area contributed by atoms with E-state index in [1.54, 1.807) is 36.4 Å². The molecule has 1 atom stereocenters. The molecule has 1 N–H and O–H groups in total. The minimum absolute atomic E-state index is 0.0655. The summed E-state index contributed by atoms with van der Waals surface area (Å²) in [4.78, 5) is 29.8. The van der Waals surface area contributed by atoms with Crippen LogP contribution in [-0.4, -0.2) is 43.8 Å². The van der Waals surface area contributed by atoms with E-state index in [0.717, 1.165) is 29.9 Å². The standard InChI is InChI=1S/C34H35Br2N3O4S/c1-24(2)37-34(41)32(21-26-8-5-4-6-9-26)38(22-27-10-7-11-29(36)20-27)33(40)23-39(30-16-14-28(35)15-17-30)44(42,43)31-18-12-25(3)13-19-31/h4-20,24,32H,21-23H2,1-3H3,(H,37,41)/t32-/m0/s1. The molecule has 0 radical (unpaired) electrons. The van der Waals surface area contributed by atoms with Crippen molar-refractivity contribution < 1.29 is 18.0 Å². The van der Waals surface area contributed by atoms with E-state index in [1.165, 1.54) is 17.0 Å². The zero-order valence-corrected chi connectivity index (χ0v) is 28.8. The van der Waals surface area contributed by atoms with Crippen LogP contribution in [0, 0.1) is 6.92 Å². The number of nitrogens with one attached hydrogen (secondary N) is 1. The van der Waals surface area contributed by atoms with E-state index in [1.807, 2.05) is 75.4 Å². The van der Waals surface area contributed by atoms with Crippen molar-refractivity contribution in [3.8, 4) is 0 Å². The Hall–Kier alpha value is -3.47. The van der Waals surface area contributed by atoms with Crippen LogP contribution in [0.3, 0.4) is 0 Å². The highest BCUT2D eigenvalue weighted by Gasteiger charge is 2.34. The minimum Gasteiger partial charge on any atom is -0.352 e. The first kappa shape index (κ1) is 33.4. The van der Waals surface area contributed by atoms with Gasteiger partial charge in [-0.25, -0.2) is 8.42 Å². The lowest BCUT2D eigenvalue weighted by molar-refractivity contribution is -0.140. The summed E-state index contributed by atoms with van der Waals surface area (Å²) in [6, 6.07) is 29.2. The minimum atomic E-state index is -4.15. The first-order valence-corrected chi connectivity index (χ1v) is 17.2. The van der Waals surface area contributed by atoms with Gasteiger partial charge in [-0.05, 0) is 80.4 Å². The Labute approximate surface area is 276 Å². The zero-order valence-electron chi connectivity index (χ0n) is 24.8. The second kappa shape index (κ2) is 15.0. The molecule has 0 unspecified atom stereocenters. The van der Waals surface area contributed by atoms with Crippen LogP contribution in [0.25, 0.3) is 0 Å². The number of carbonyl (C=O) groups excluding carboxylic acids is 2. The van der Waals surface area contributed by atoms with Gasteiger partial charge < -0.3 is 10.2 Å². The van der Waals surface area contributed by atoms with Gasteiger partial charge in [0.25, 0.3) is 10.0 Å². The van der Waals surface area contributed by atoms with Crippen LogP contribution in [0.15, 0.2) is 117 Å². The number of amides is 2. The fourth-order valence-corrected chi connectivity index (χ4v) is 6.87. The summed E-state index contributed by atoms with van der Waals surface area (Å²) in [5.74, 6) is -0.827. The maximum atomic E-state index is 14.5. The smallest absolute Gasteiger partial charge is 0.264 e. The molecule has 4 rings (SSSR count). The fraction of sp³-hybridized carbons (Fsp3) is 0.235. The molecule has 0 saturated carbocycles. The van der Waals surface area contributed by atoms with Crippen LogP contribution < -0.4 is 9.62 Å². The van der Waals surface area contributed by atoms with Crippen molar-refractivity contribution >= 4 is 59.4 Å². The van der Waals surface area contributed by atoms with Gasteiger partial charge in [0, 0.05) is 28.0 Å². The summed E-state index contributed by atoms with van der Waals surface area (Å²) in [6.07, 6.45) is 0.252. The average Bonchev–Trinajstić information content (AvgIpc) is 2.98. The maximum absolute atomic E-state index is 14.5. The van der Waals surface area contributed by atoms with Crippen molar-refractivity contribution in [3.63, 3.8) is 0 Å². The lowest BCUT2D eigenvalue weighted by Crippen LogP contribution is -2.54. The van der Waals surface area contributed by atoms with Crippen LogP contribution in [0.1, 0.15) is 30.5 Å². The van der Waals surface area contributed by atoms with Crippen molar-refractivity contribution in [2.24, 2.45) is 0 Å². The predicted molar refractivity (Wildman–Crippen MR) is 182 cm³/mol. The molecule has 0 aliphatic heterocycles. The normalized spacial score (nSPS) is 12.0. The largest absolute Gasteiger partial charge is 0.352 e. The SMILES string of the molecule is Cc1ccc(S(=O)(=O)N(CC(=O)N(Cc2cccc(Br)c2)[C@@H](Cc2ccccc2)C(=O)NC(C)C)c2ccc(Br)cc2)cc1. The molecule has 0 spiro atoms. The Kier molecular flexibility index (Phi) is 11.4. The quantitative estimate of drug-likeness (QED) is 0.172. The van der Waals surface area contributed by atoms with Crippen LogP contribution in [0.5, 0.6) is 0 Å². The molecule has 10 heteroatoms. The molecule has 0 fully saturated rings. The molecule has 4 aromatic rings. The number of nitrogens with zero attached hydrogens (tertiary/aromatic N) is 2. The Balaban J connectivity index is 1.80. The highest BCUT2D eigenvalue weighted by molar-refractivity contribution is 9.10. The summed E-state index contributed by atoms with van der Waals surface area (Å²) in [7, 11) is -4.15. The number of sulfonamides is 1. The molecule has 230 valence electrons. The lowest BCUT2D eigenvalue weighted by atomic mass is 10.0. The summed E-state index contributed by atoms with van der Waals surface area (Å²) < 4.78 is 30.9. The van der Waals surface area contributed by atoms with Gasteiger partial charge in [0.2, 0.25) is 11.8 Å². The summed E-state index contributed by atoms with van der Waals surface area (Å²) in [5, 5.41) is 2.97. The van der Waals surface area contributed by atoms with Crippen molar-refractivity contribution in [2.45, 2.75) is 50.7 Å². The van der Waals surface area contributed by atoms with E-state index < -0.39 is 28.5 Å². The van der Waals surface area contributed by atoms with E-state index in [0.29, 0.717) is 5.69 Å². The molecule has 7 nitrogen and oxygen atoms in total. The topological polar surface area (TPSA) is 86.8 Å². The highest BCUT2D eigenvalue weighted by Crippen LogP contribution is 2.27. The monoisotopic (exact) mass is 739 g/mol. The molecule has 0 aliphatic carbocycles. The average molecular weight is 742 g/mol. The number of anilines is 1. The van der Waals surface area contributed by atoms with Crippen molar-refractivity contribution in [1.29, 1.82) is 0 Å². The molecule has 0 aliphatic rings. The van der Waals surface area contributed by atoms with Gasteiger partial charge in [-0.2, -0.15) is 0 Å². The van der Waals surface area contributed by atoms with Crippen LogP contribution in [0.2, 0.25) is 0 Å². The molecule has 0 saturated heterocycles. The van der Waals surface area contributed by atoms with Gasteiger partial charge in [-0.15, -0.1) is 0 Å². The summed E-state index contributed by atoms with van der Waals surface area (Å²) in [6.45, 7) is 5.19. The molecule has 2 amide bonds. The predicted octanol–water partition coefficient (Wildman–Crippen LogP) is 6.88. The molecule has 4 aromatic carbocycles. The molecular formula is C34H35Br2N3O4S. The second-order valence-corrected chi connectivity index (χ2v) is 14.5. The zero-order chi connectivity index (χ0) is 31.9. The van der Waals surface area contributed by atoms with Gasteiger partial charge in [0.05, 0.1) is 10.6 Å². The van der Waals surface area contributed by atoms with E-state index in [4.69, 9.17) is 0 Å². The highest BCUT2D eigenvalue weighted by atomic mass is 79.9. The van der Waals surface area contributed by atoms with Crippen LogP contribution in [0.4, 0.5) is 5.69 Å². The number of rotatable bonds is 12. The third-order valence-electron chi connectivity index (χ3n) is 6.95. The van der Waals surface area contributed by atoms with E-state index in [9.17, 15) is 18.0 Å². The van der Waals surface area contributed by atoms with Crippen molar-refractivity contribution in [2.75, 3.05) is 10.8 Å². The molecule has 0 aromatic heterocycles. The number of benzene rings is 4. The van der Waals surface area contributed by atoms with Crippen LogP contribution >= 0.6 is 31.9 Å². The molecular weight excluding hydrogens is 706 g/mol. The summed E-state index contributed by atoms with van der Waals surface area (Å²) in [5.41, 5.74) is 2.91. The van der Waals surface area contributed by atoms with Crippen molar-refractivity contribution in [1.82, 2.24) is 10.2 Å². The van der Waals surface area contributed by atoms with Crippen LogP contribution in [-0.2, 0) is 32.6 Å². The third-order valence-corrected chi connectivity index (χ3v) is 9.76. The lowest BCUT2D eigenvalue weighted by Gasteiger charge is -2.34. The third kappa shape index (κ3) is 8.80. The van der Waals surface area contributed by atoms with Gasteiger partial charge in [0.15, 0.2) is 0 Å². The Morgan fingerprint density at radius 3 is 2.05 bits per heavy atom. The van der Waals surface area contributed by atoms with Gasteiger partial charge in [-0.1, -0.05) is 92.0 Å². The maximum Gasteiger partial charge on any atom is 0.264 e. The van der Waals surface area contributed by atoms with Gasteiger partial charge in [0.1, 0.15) is 12.6 Å². The number of aryl methyl sites for hydroxylation is 1. The first-order chi connectivity index (χ1) is 20.9. The van der Waals surface area contributed by atoms with E-state index >= 15 is 0 Å². The number of hydrogen-bond donors (Lipinski definition) is 1. The van der Waals surface area contributed by atoms with E-state index in [-0.39, 0.29) is 29.8 Å². The number of halogens is 2. The molecule has 0 heterocycles. The molecule has 0 bridgehead atoms. The van der Waals surface area contributed by atoms with Crippen molar-refractivity contribution in [3.05, 3.63) is 129 Å². The van der Waals surface area contributed by atoms with E-state index in [2.05, 4.69) is 37.2 Å². The Morgan fingerprint density at radius 1 is 0.795 bits per heavy atom. The first-order valence-electron chi connectivity index (χ1n) is 14.2. The van der Waals surface area contributed by atoms with Gasteiger partial charge in [-0.3, -0.25) is 13.9 Å². The Morgan fingerprint density at radius 2 is 1.43 bits per heavy atom. The number of carbonyl (C=O) groups is 2. The molecule has 44 heavy (non-hydrogen) atoms.